The van der Waals surface area contributed by atoms with Crippen molar-refractivity contribution in [3.63, 3.8) is 0 Å². The van der Waals surface area contributed by atoms with Crippen LogP contribution in [-0.2, 0) is 4.79 Å². The fraction of sp³-hybridized carbons (Fsp3) is 0.182. The Morgan fingerprint density at radius 2 is 2.03 bits per heavy atom. The Kier molecular flexibility index (Phi) is 8.15. The summed E-state index contributed by atoms with van der Waals surface area (Å²) in [5.41, 5.74) is 1.87. The third kappa shape index (κ3) is 6.02. The molecule has 2 rings (SSSR count). The second-order valence-corrected chi connectivity index (χ2v) is 7.12. The molecule has 0 aliphatic carbocycles. The maximum Gasteiger partial charge on any atom is 0.266 e. The summed E-state index contributed by atoms with van der Waals surface area (Å²) in [6.07, 6.45) is 6.71. The van der Waals surface area contributed by atoms with Crippen LogP contribution in [0.3, 0.4) is 0 Å². The average molecular weight is 474 g/mol. The van der Waals surface area contributed by atoms with E-state index >= 15 is 0 Å². The van der Waals surface area contributed by atoms with Gasteiger partial charge < -0.3 is 14.8 Å². The molecule has 0 saturated heterocycles. The number of hydrogen-bond acceptors (Lipinski definition) is 4. The van der Waals surface area contributed by atoms with Crippen LogP contribution in [0.2, 0.25) is 5.02 Å². The van der Waals surface area contributed by atoms with Crippen molar-refractivity contribution in [1.29, 1.82) is 5.26 Å². The number of nitriles is 1. The summed E-state index contributed by atoms with van der Waals surface area (Å²) in [6.45, 7) is 4.18. The first-order chi connectivity index (χ1) is 13.9. The van der Waals surface area contributed by atoms with Gasteiger partial charge in [0.15, 0.2) is 11.5 Å². The van der Waals surface area contributed by atoms with E-state index in [4.69, 9.17) is 27.5 Å². The highest BCUT2D eigenvalue weighted by Crippen LogP contribution is 2.35. The second kappa shape index (κ2) is 10.6. The number of nitrogens with one attached hydrogen (secondary N) is 1. The highest BCUT2D eigenvalue weighted by molar-refractivity contribution is 9.10. The van der Waals surface area contributed by atoms with Gasteiger partial charge in [0.05, 0.1) is 6.61 Å². The molecule has 0 heterocycles. The van der Waals surface area contributed by atoms with Gasteiger partial charge in [0, 0.05) is 15.2 Å². The van der Waals surface area contributed by atoms with Gasteiger partial charge in [-0.05, 0) is 55.3 Å². The van der Waals surface area contributed by atoms with E-state index in [1.165, 1.54) is 6.08 Å². The Bertz CT molecular complexity index is 1040. The number of aryl methyl sites for hydroxylation is 1. The maximum absolute atomic E-state index is 12.6. The normalized spacial score (nSPS) is 10.6. The number of amides is 1. The minimum atomic E-state index is -0.546. The summed E-state index contributed by atoms with van der Waals surface area (Å²) in [6, 6.07) is 10.4. The Labute approximate surface area is 183 Å². The number of rotatable bonds is 7. The molecular weight excluding hydrogens is 456 g/mol. The molecular formula is C22H18BrClN2O3. The smallest absolute Gasteiger partial charge is 0.266 e. The molecule has 0 unspecified atom stereocenters. The van der Waals surface area contributed by atoms with E-state index in [0.717, 1.165) is 5.56 Å². The van der Waals surface area contributed by atoms with E-state index in [1.54, 1.807) is 30.3 Å². The fourth-order valence-corrected chi connectivity index (χ4v) is 2.99. The Hall–Kier alpha value is -2.93. The van der Waals surface area contributed by atoms with E-state index in [2.05, 4.69) is 27.2 Å². The van der Waals surface area contributed by atoms with E-state index in [0.29, 0.717) is 38.9 Å². The zero-order valence-electron chi connectivity index (χ0n) is 15.9. The fourth-order valence-electron chi connectivity index (χ4n) is 2.38. The predicted molar refractivity (Wildman–Crippen MR) is 118 cm³/mol. The topological polar surface area (TPSA) is 71.3 Å². The van der Waals surface area contributed by atoms with Crippen molar-refractivity contribution in [2.45, 2.75) is 13.8 Å². The molecule has 5 nitrogen and oxygen atoms in total. The molecule has 0 aliphatic rings. The molecule has 0 aromatic heterocycles. The molecule has 0 saturated carbocycles. The molecule has 0 bridgehead atoms. The number of ether oxygens (including phenoxy) is 2. The first-order valence-corrected chi connectivity index (χ1v) is 9.78. The number of benzene rings is 2. The van der Waals surface area contributed by atoms with Crippen LogP contribution in [0.1, 0.15) is 18.1 Å². The van der Waals surface area contributed by atoms with Crippen LogP contribution in [0.25, 0.3) is 6.08 Å². The first-order valence-electron chi connectivity index (χ1n) is 8.61. The lowest BCUT2D eigenvalue weighted by Gasteiger charge is -2.13. The van der Waals surface area contributed by atoms with Crippen molar-refractivity contribution in [3.05, 3.63) is 56.5 Å². The number of anilines is 1. The summed E-state index contributed by atoms with van der Waals surface area (Å²) in [7, 11) is 0. The SMILES string of the molecule is C#CCOc1cc(Br)c(/C=C(\C#N)C(=O)Nc2cc(Cl)ccc2C)cc1OCC. The molecule has 0 radical (unpaired) electrons. The molecule has 2 aromatic rings. The van der Waals surface area contributed by atoms with Crippen molar-refractivity contribution in [3.8, 4) is 29.9 Å². The van der Waals surface area contributed by atoms with Crippen LogP contribution < -0.4 is 14.8 Å². The lowest BCUT2D eigenvalue weighted by atomic mass is 10.1. The van der Waals surface area contributed by atoms with Gasteiger partial charge in [-0.1, -0.05) is 39.5 Å². The number of halogens is 2. The quantitative estimate of drug-likeness (QED) is 0.333. The summed E-state index contributed by atoms with van der Waals surface area (Å²) >= 11 is 9.42. The first kappa shape index (κ1) is 22.4. The van der Waals surface area contributed by atoms with Crippen molar-refractivity contribution in [2.24, 2.45) is 0 Å². The minimum absolute atomic E-state index is 0.0789. The van der Waals surface area contributed by atoms with Crippen LogP contribution in [0.5, 0.6) is 11.5 Å². The molecule has 0 atom stereocenters. The van der Waals surface area contributed by atoms with E-state index < -0.39 is 5.91 Å². The largest absolute Gasteiger partial charge is 0.490 e. The molecule has 0 fully saturated rings. The third-order valence-electron chi connectivity index (χ3n) is 3.79. The third-order valence-corrected chi connectivity index (χ3v) is 4.71. The van der Waals surface area contributed by atoms with E-state index in [-0.39, 0.29) is 12.2 Å². The summed E-state index contributed by atoms with van der Waals surface area (Å²) in [5, 5.41) is 12.7. The Balaban J connectivity index is 2.37. The van der Waals surface area contributed by atoms with Gasteiger partial charge in [0.25, 0.3) is 5.91 Å². The molecule has 0 spiro atoms. The standard InChI is InChI=1S/C22H18BrClN2O3/c1-4-8-29-21-12-18(23)15(10-20(21)28-5-2)9-16(13-25)22(27)26-19-11-17(24)7-6-14(19)3/h1,6-7,9-12H,5,8H2,2-3H3,(H,26,27)/b16-9+. The van der Waals surface area contributed by atoms with Gasteiger partial charge in [-0.15, -0.1) is 6.42 Å². The monoisotopic (exact) mass is 472 g/mol. The van der Waals surface area contributed by atoms with Gasteiger partial charge in [-0.3, -0.25) is 4.79 Å². The van der Waals surface area contributed by atoms with Gasteiger partial charge >= 0.3 is 0 Å². The summed E-state index contributed by atoms with van der Waals surface area (Å²) < 4.78 is 11.7. The highest BCUT2D eigenvalue weighted by atomic mass is 79.9. The van der Waals surface area contributed by atoms with Gasteiger partial charge in [-0.25, -0.2) is 0 Å². The minimum Gasteiger partial charge on any atom is -0.490 e. The zero-order chi connectivity index (χ0) is 21.4. The molecule has 1 amide bonds. The van der Waals surface area contributed by atoms with Crippen LogP contribution in [-0.4, -0.2) is 19.1 Å². The number of carbonyl (C=O) groups excluding carboxylic acids is 1. The van der Waals surface area contributed by atoms with Crippen LogP contribution in [0, 0.1) is 30.6 Å². The maximum atomic E-state index is 12.6. The molecule has 0 aliphatic heterocycles. The van der Waals surface area contributed by atoms with Crippen molar-refractivity contribution < 1.29 is 14.3 Å². The lowest BCUT2D eigenvalue weighted by molar-refractivity contribution is -0.112. The Morgan fingerprint density at radius 3 is 2.69 bits per heavy atom. The van der Waals surface area contributed by atoms with Crippen molar-refractivity contribution in [1.82, 2.24) is 0 Å². The number of nitrogens with zero attached hydrogens (tertiary/aromatic N) is 1. The molecule has 7 heteroatoms. The van der Waals surface area contributed by atoms with Crippen LogP contribution >= 0.6 is 27.5 Å². The van der Waals surface area contributed by atoms with Gasteiger partial charge in [0.2, 0.25) is 0 Å². The molecule has 148 valence electrons. The molecule has 2 aromatic carbocycles. The van der Waals surface area contributed by atoms with Crippen molar-refractivity contribution in [2.75, 3.05) is 18.5 Å². The van der Waals surface area contributed by atoms with Crippen LogP contribution in [0.15, 0.2) is 40.4 Å². The number of carbonyl (C=O) groups is 1. The van der Waals surface area contributed by atoms with Crippen molar-refractivity contribution >= 4 is 45.2 Å². The molecule has 29 heavy (non-hydrogen) atoms. The summed E-state index contributed by atoms with van der Waals surface area (Å²) in [5.74, 6) is 2.77. The number of terminal acetylenes is 1. The van der Waals surface area contributed by atoms with E-state index in [9.17, 15) is 10.1 Å². The van der Waals surface area contributed by atoms with Gasteiger partial charge in [-0.2, -0.15) is 5.26 Å². The predicted octanol–water partition coefficient (Wildman–Crippen LogP) is 5.37. The lowest BCUT2D eigenvalue weighted by Crippen LogP contribution is -2.14. The average Bonchev–Trinajstić information content (AvgIpc) is 2.69. The van der Waals surface area contributed by atoms with Gasteiger partial charge in [0.1, 0.15) is 18.2 Å². The molecule has 1 N–H and O–H groups in total. The second-order valence-electron chi connectivity index (χ2n) is 5.83. The zero-order valence-corrected chi connectivity index (χ0v) is 18.2. The van der Waals surface area contributed by atoms with E-state index in [1.807, 2.05) is 19.9 Å². The van der Waals surface area contributed by atoms with Crippen LogP contribution in [0.4, 0.5) is 5.69 Å². The number of hydrogen-bond donors (Lipinski definition) is 1. The highest BCUT2D eigenvalue weighted by Gasteiger charge is 2.15. The summed E-state index contributed by atoms with van der Waals surface area (Å²) in [4.78, 5) is 12.6. The Morgan fingerprint density at radius 1 is 1.31 bits per heavy atom.